The van der Waals surface area contributed by atoms with E-state index in [1.807, 2.05) is 0 Å². The van der Waals surface area contributed by atoms with E-state index in [1.165, 1.54) is 11.1 Å². The predicted molar refractivity (Wildman–Crippen MR) is 68.1 cm³/mol. The van der Waals surface area contributed by atoms with Gasteiger partial charge in [0.25, 0.3) is 0 Å². The number of benzene rings is 1. The van der Waals surface area contributed by atoms with Gasteiger partial charge in [0.05, 0.1) is 6.61 Å². The summed E-state index contributed by atoms with van der Waals surface area (Å²) in [5, 5.41) is 8.13. The van der Waals surface area contributed by atoms with Crippen LogP contribution in [-0.4, -0.2) is 42.6 Å². The standard InChI is InChI=1S/C6H4.C2H8N2O3S.H2O4S/c1-2-5-4-6(5)3-1;3-2(4,1-5)8(6)7;1-5(2,3)4/h1-4H;5,8H,1,3-4H2;(H2,1,2,3,4). The van der Waals surface area contributed by atoms with Crippen LogP contribution in [0.5, 0.6) is 0 Å². The highest BCUT2D eigenvalue weighted by Gasteiger charge is 2.20. The molecule has 0 bridgehead atoms. The first kappa shape index (κ1) is 17.9. The summed E-state index contributed by atoms with van der Waals surface area (Å²) in [6, 6.07) is 8.48. The number of rotatable bonds is 2. The Balaban J connectivity index is 0.000000263. The summed E-state index contributed by atoms with van der Waals surface area (Å²) in [7, 11) is -7.60. The highest BCUT2D eigenvalue weighted by Crippen LogP contribution is 2.32. The van der Waals surface area contributed by atoms with Crippen LogP contribution in [0.1, 0.15) is 0 Å². The fourth-order valence-corrected chi connectivity index (χ4v) is 0.849. The molecule has 0 unspecified atom stereocenters. The molecule has 0 atom stereocenters. The molecule has 9 nitrogen and oxygen atoms in total. The molecule has 0 radical (unpaired) electrons. The van der Waals surface area contributed by atoms with Gasteiger partial charge in [-0.2, -0.15) is 8.42 Å². The van der Waals surface area contributed by atoms with Crippen LogP contribution in [0.15, 0.2) is 24.3 Å². The van der Waals surface area contributed by atoms with Gasteiger partial charge < -0.3 is 5.11 Å². The Morgan fingerprint density at radius 3 is 1.58 bits per heavy atom. The number of aliphatic hydroxyl groups excluding tert-OH is 1. The van der Waals surface area contributed by atoms with E-state index < -0.39 is 32.7 Å². The highest BCUT2D eigenvalue weighted by atomic mass is 32.3. The quantitative estimate of drug-likeness (QED) is 0.211. The zero-order valence-electron chi connectivity index (χ0n) is 9.50. The van der Waals surface area contributed by atoms with Crippen LogP contribution in [0, 0.1) is 0 Å². The number of thiol groups is 1. The normalized spacial score (nSPS) is 11.9. The Morgan fingerprint density at radius 1 is 1.16 bits per heavy atom. The van der Waals surface area contributed by atoms with Crippen LogP contribution in [0.4, 0.5) is 0 Å². The largest absolute Gasteiger partial charge is 0.394 e. The van der Waals surface area contributed by atoms with E-state index in [4.69, 9.17) is 34.1 Å². The molecular weight excluding hydrogens is 300 g/mol. The van der Waals surface area contributed by atoms with Gasteiger partial charge in [0.2, 0.25) is 0 Å². The van der Waals surface area contributed by atoms with Gasteiger partial charge in [0.15, 0.2) is 15.7 Å². The van der Waals surface area contributed by atoms with E-state index in [0.29, 0.717) is 0 Å². The third-order valence-electron chi connectivity index (χ3n) is 1.71. The lowest BCUT2D eigenvalue weighted by molar-refractivity contribution is 0.248. The van der Waals surface area contributed by atoms with Gasteiger partial charge in [-0.05, 0) is 17.2 Å². The molecule has 19 heavy (non-hydrogen) atoms. The van der Waals surface area contributed by atoms with Gasteiger partial charge in [-0.1, -0.05) is 18.2 Å². The molecule has 0 saturated heterocycles. The van der Waals surface area contributed by atoms with Crippen molar-refractivity contribution in [2.45, 2.75) is 4.99 Å². The zero-order chi connectivity index (χ0) is 15.3. The van der Waals surface area contributed by atoms with Gasteiger partial charge in [0.1, 0.15) is 0 Å². The van der Waals surface area contributed by atoms with Crippen LogP contribution in [0.2, 0.25) is 0 Å². The van der Waals surface area contributed by atoms with Gasteiger partial charge in [-0.3, -0.25) is 20.6 Å². The molecule has 0 spiro atoms. The van der Waals surface area contributed by atoms with Crippen molar-refractivity contribution in [3.8, 4) is 11.1 Å². The first-order valence-electron chi connectivity index (χ1n) is 4.61. The summed E-state index contributed by atoms with van der Waals surface area (Å²) in [6.45, 7) is -0.758. The zero-order valence-corrected chi connectivity index (χ0v) is 11.2. The summed E-state index contributed by atoms with van der Waals surface area (Å²) in [5.74, 6) is 0. The molecule has 0 amide bonds. The molecule has 0 saturated carbocycles. The molecule has 0 aromatic heterocycles. The number of hydrogen-bond donors (Lipinski definition) is 6. The molecular formula is C8H14N2O7S2. The molecule has 0 aromatic rings. The second-order valence-electron chi connectivity index (χ2n) is 3.44. The lowest BCUT2D eigenvalue weighted by atomic mass is 10.6. The van der Waals surface area contributed by atoms with Gasteiger partial charge in [-0.15, -0.1) is 0 Å². The van der Waals surface area contributed by atoms with Crippen molar-refractivity contribution in [1.29, 1.82) is 0 Å². The minimum atomic E-state index is -4.67. The van der Waals surface area contributed by atoms with Crippen molar-refractivity contribution in [3.63, 3.8) is 0 Å². The van der Waals surface area contributed by atoms with Crippen molar-refractivity contribution in [2.75, 3.05) is 6.61 Å². The fourth-order valence-electron chi connectivity index (χ4n) is 0.733. The Kier molecular flexibility index (Phi) is 6.51. The smallest absolute Gasteiger partial charge is 0.392 e. The van der Waals surface area contributed by atoms with E-state index >= 15 is 0 Å². The second kappa shape index (κ2) is 6.91. The van der Waals surface area contributed by atoms with Crippen molar-refractivity contribution >= 4 is 21.1 Å². The van der Waals surface area contributed by atoms with Crippen LogP contribution < -0.4 is 11.5 Å². The Bertz CT molecular complexity index is 562. The number of hydrogen-bond acceptors (Lipinski definition) is 7. The van der Waals surface area contributed by atoms with Crippen LogP contribution in [-0.2, 0) is 21.1 Å². The summed E-state index contributed by atoms with van der Waals surface area (Å²) >= 11 is 0. The molecule has 110 valence electrons. The third kappa shape index (κ3) is 9.49. The maximum Gasteiger partial charge on any atom is 0.394 e. The molecule has 0 aliphatic heterocycles. The molecule has 2 aliphatic carbocycles. The lowest BCUT2D eigenvalue weighted by Gasteiger charge is -2.11. The maximum absolute atomic E-state index is 9.88. The van der Waals surface area contributed by atoms with E-state index in [1.54, 1.807) is 0 Å². The molecule has 7 N–H and O–H groups in total. The molecule has 0 aromatic carbocycles. The van der Waals surface area contributed by atoms with Crippen molar-refractivity contribution in [3.05, 3.63) is 24.3 Å². The molecule has 11 heteroatoms. The van der Waals surface area contributed by atoms with E-state index in [9.17, 15) is 8.42 Å². The fraction of sp³-hybridized carbons (Fsp3) is 0.250. The lowest BCUT2D eigenvalue weighted by Crippen LogP contribution is -2.53. The molecule has 2 aliphatic rings. The monoisotopic (exact) mass is 314 g/mol. The van der Waals surface area contributed by atoms with E-state index in [2.05, 4.69) is 24.3 Å². The van der Waals surface area contributed by atoms with Gasteiger partial charge >= 0.3 is 10.4 Å². The van der Waals surface area contributed by atoms with Crippen molar-refractivity contribution < 1.29 is 31.0 Å². The predicted octanol–water partition coefficient (Wildman–Crippen LogP) is -1.82. The summed E-state index contributed by atoms with van der Waals surface area (Å²) in [4.78, 5) is -1.95. The highest BCUT2D eigenvalue weighted by molar-refractivity contribution is 7.79. The second-order valence-corrected chi connectivity index (χ2v) is 5.68. The maximum atomic E-state index is 9.88. The average molecular weight is 314 g/mol. The first-order valence-corrected chi connectivity index (χ1v) is 7.18. The average Bonchev–Trinajstić information content (AvgIpc) is 2.84. The summed E-state index contributed by atoms with van der Waals surface area (Å²) < 4.78 is 51.3. The SMILES string of the molecule is NC(N)(CO)[SH](=O)=O.O=S(=O)(O)O.c1cc2cc-2c1. The Morgan fingerprint density at radius 2 is 1.53 bits per heavy atom. The number of nitrogens with two attached hydrogens (primary N) is 2. The minimum absolute atomic E-state index is 0.758. The van der Waals surface area contributed by atoms with E-state index in [-0.39, 0.29) is 0 Å². The van der Waals surface area contributed by atoms with E-state index in [0.717, 1.165) is 0 Å². The first-order chi connectivity index (χ1) is 8.47. The summed E-state index contributed by atoms with van der Waals surface area (Å²) in [5.41, 5.74) is 12.4. The minimum Gasteiger partial charge on any atom is -0.392 e. The van der Waals surface area contributed by atoms with Gasteiger partial charge in [-0.25, -0.2) is 8.42 Å². The number of aliphatic hydroxyl groups is 1. The Labute approximate surface area is 111 Å². The topological polar surface area (TPSA) is 181 Å². The van der Waals surface area contributed by atoms with Crippen LogP contribution in [0.3, 0.4) is 0 Å². The van der Waals surface area contributed by atoms with Crippen LogP contribution >= 0.6 is 0 Å². The van der Waals surface area contributed by atoms with Crippen LogP contribution in [0.25, 0.3) is 11.1 Å². The molecule has 0 fully saturated rings. The van der Waals surface area contributed by atoms with Gasteiger partial charge in [0, 0.05) is 0 Å². The Hall–Kier alpha value is -1.08. The van der Waals surface area contributed by atoms with Crippen molar-refractivity contribution in [2.24, 2.45) is 11.5 Å². The molecule has 2 rings (SSSR count). The third-order valence-corrected chi connectivity index (χ3v) is 2.53. The van der Waals surface area contributed by atoms with Crippen molar-refractivity contribution in [1.82, 2.24) is 0 Å². The number of fused-ring (bicyclic) bond motifs is 1. The summed E-state index contributed by atoms with van der Waals surface area (Å²) in [6.07, 6.45) is 0. The molecule has 0 heterocycles.